The summed E-state index contributed by atoms with van der Waals surface area (Å²) in [5.74, 6) is -0.579. The number of rotatable bonds is 6. The van der Waals surface area contributed by atoms with Gasteiger partial charge >= 0.3 is 0 Å². The third-order valence-corrected chi connectivity index (χ3v) is 4.70. The topological polar surface area (TPSA) is 78.4 Å². The van der Waals surface area contributed by atoms with Gasteiger partial charge in [-0.3, -0.25) is 9.59 Å². The number of benzene rings is 2. The third kappa shape index (κ3) is 5.59. The molecule has 0 bridgehead atoms. The van der Waals surface area contributed by atoms with Crippen molar-refractivity contribution in [3.63, 3.8) is 0 Å². The van der Waals surface area contributed by atoms with Crippen LogP contribution in [0.25, 0.3) is 0 Å². The molecular formula is C23H30N2O3. The predicted molar refractivity (Wildman–Crippen MR) is 114 cm³/mol. The van der Waals surface area contributed by atoms with Gasteiger partial charge in [-0.25, -0.2) is 0 Å². The second-order valence-electron chi connectivity index (χ2n) is 8.19. The van der Waals surface area contributed by atoms with E-state index in [1.165, 1.54) is 6.07 Å². The summed E-state index contributed by atoms with van der Waals surface area (Å²) in [6, 6.07) is 12.1. The van der Waals surface area contributed by atoms with Crippen LogP contribution in [0, 0.1) is 5.92 Å². The first-order valence-corrected chi connectivity index (χ1v) is 9.67. The van der Waals surface area contributed by atoms with E-state index in [1.54, 1.807) is 24.3 Å². The first kappa shape index (κ1) is 21.5. The minimum atomic E-state index is -0.302. The van der Waals surface area contributed by atoms with E-state index in [0.717, 1.165) is 18.4 Å². The van der Waals surface area contributed by atoms with Crippen molar-refractivity contribution >= 4 is 23.2 Å². The van der Waals surface area contributed by atoms with E-state index in [0.29, 0.717) is 16.9 Å². The number of nitrogens with one attached hydrogen (secondary N) is 2. The Kier molecular flexibility index (Phi) is 6.84. The summed E-state index contributed by atoms with van der Waals surface area (Å²) in [4.78, 5) is 24.6. The minimum Gasteiger partial charge on any atom is -0.506 e. The Bertz CT molecular complexity index is 836. The first-order valence-electron chi connectivity index (χ1n) is 9.67. The molecule has 0 aliphatic heterocycles. The van der Waals surface area contributed by atoms with E-state index < -0.39 is 0 Å². The first-order chi connectivity index (χ1) is 13.1. The summed E-state index contributed by atoms with van der Waals surface area (Å²) in [6.45, 7) is 10.2. The van der Waals surface area contributed by atoms with Crippen LogP contribution in [-0.2, 0) is 10.2 Å². The van der Waals surface area contributed by atoms with Crippen molar-refractivity contribution in [3.05, 3.63) is 53.6 Å². The van der Waals surface area contributed by atoms with Crippen LogP contribution in [0.5, 0.6) is 5.75 Å². The van der Waals surface area contributed by atoms with Gasteiger partial charge in [0.1, 0.15) is 5.75 Å². The molecule has 3 N–H and O–H groups in total. The van der Waals surface area contributed by atoms with Crippen molar-refractivity contribution in [2.45, 2.75) is 52.9 Å². The zero-order valence-electron chi connectivity index (χ0n) is 17.3. The molecule has 0 heterocycles. The molecule has 150 valence electrons. The van der Waals surface area contributed by atoms with Gasteiger partial charge < -0.3 is 15.7 Å². The van der Waals surface area contributed by atoms with Gasteiger partial charge in [-0.1, -0.05) is 53.2 Å². The number of phenols is 1. The van der Waals surface area contributed by atoms with Crippen LogP contribution in [0.4, 0.5) is 11.4 Å². The Morgan fingerprint density at radius 3 is 2.21 bits per heavy atom. The standard InChI is InChI=1S/C23H30N2O3/c1-6-7-15(2)21(27)24-18-12-13-19(20(26)14-18)25-22(28)16-8-10-17(11-9-16)23(3,4)5/h8-15,26H,6-7H2,1-5H3,(H,24,27)(H,25,28). The minimum absolute atomic E-state index is 0.0160. The van der Waals surface area contributed by atoms with Gasteiger partial charge in [0.05, 0.1) is 5.69 Å². The molecular weight excluding hydrogens is 352 g/mol. The van der Waals surface area contributed by atoms with Crippen LogP contribution in [0.1, 0.15) is 63.4 Å². The van der Waals surface area contributed by atoms with Crippen molar-refractivity contribution in [2.75, 3.05) is 10.6 Å². The SMILES string of the molecule is CCCC(C)C(=O)Nc1ccc(NC(=O)c2ccc(C(C)(C)C)cc2)c(O)c1. The summed E-state index contributed by atoms with van der Waals surface area (Å²) < 4.78 is 0. The number of carbonyl (C=O) groups is 2. The number of aromatic hydroxyl groups is 1. The van der Waals surface area contributed by atoms with Gasteiger partial charge in [0.2, 0.25) is 5.91 Å². The van der Waals surface area contributed by atoms with Crippen LogP contribution < -0.4 is 10.6 Å². The predicted octanol–water partition coefficient (Wildman–Crippen LogP) is 5.32. The lowest BCUT2D eigenvalue weighted by atomic mass is 9.87. The van der Waals surface area contributed by atoms with Crippen molar-refractivity contribution in [2.24, 2.45) is 5.92 Å². The van der Waals surface area contributed by atoms with Gasteiger partial charge in [0, 0.05) is 23.2 Å². The van der Waals surface area contributed by atoms with Crippen LogP contribution in [0.3, 0.4) is 0 Å². The van der Waals surface area contributed by atoms with Crippen LogP contribution in [0.15, 0.2) is 42.5 Å². The number of hydrogen-bond donors (Lipinski definition) is 3. The highest BCUT2D eigenvalue weighted by molar-refractivity contribution is 6.05. The summed E-state index contributed by atoms with van der Waals surface area (Å²) in [6.07, 6.45) is 1.74. The van der Waals surface area contributed by atoms with E-state index in [9.17, 15) is 14.7 Å². The van der Waals surface area contributed by atoms with Crippen molar-refractivity contribution in [1.29, 1.82) is 0 Å². The highest BCUT2D eigenvalue weighted by Crippen LogP contribution is 2.28. The van der Waals surface area contributed by atoms with Gasteiger partial charge in [-0.2, -0.15) is 0 Å². The smallest absolute Gasteiger partial charge is 0.255 e. The summed E-state index contributed by atoms with van der Waals surface area (Å²) in [5, 5.41) is 15.7. The lowest BCUT2D eigenvalue weighted by Crippen LogP contribution is -2.20. The molecule has 5 nitrogen and oxygen atoms in total. The summed E-state index contributed by atoms with van der Waals surface area (Å²) >= 11 is 0. The molecule has 0 aliphatic rings. The van der Waals surface area contributed by atoms with E-state index in [4.69, 9.17) is 0 Å². The fraction of sp³-hybridized carbons (Fsp3) is 0.391. The lowest BCUT2D eigenvalue weighted by Gasteiger charge is -2.19. The zero-order chi connectivity index (χ0) is 20.9. The Morgan fingerprint density at radius 2 is 1.68 bits per heavy atom. The molecule has 1 atom stereocenters. The molecule has 0 fully saturated rings. The molecule has 0 aliphatic carbocycles. The van der Waals surface area contributed by atoms with E-state index in [-0.39, 0.29) is 28.9 Å². The molecule has 2 aromatic carbocycles. The zero-order valence-corrected chi connectivity index (χ0v) is 17.3. The molecule has 2 rings (SSSR count). The average molecular weight is 383 g/mol. The molecule has 2 aromatic rings. The molecule has 5 heteroatoms. The maximum atomic E-state index is 12.5. The van der Waals surface area contributed by atoms with E-state index in [2.05, 4.69) is 31.4 Å². The molecule has 0 spiro atoms. The maximum absolute atomic E-state index is 12.5. The Balaban J connectivity index is 2.06. The molecule has 0 aromatic heterocycles. The van der Waals surface area contributed by atoms with Gasteiger partial charge in [-0.05, 0) is 41.7 Å². The van der Waals surface area contributed by atoms with Crippen molar-refractivity contribution < 1.29 is 14.7 Å². The number of carbonyl (C=O) groups excluding carboxylic acids is 2. The van der Waals surface area contributed by atoms with Crippen LogP contribution >= 0.6 is 0 Å². The number of hydrogen-bond acceptors (Lipinski definition) is 3. The Morgan fingerprint density at radius 1 is 1.04 bits per heavy atom. The molecule has 0 saturated carbocycles. The maximum Gasteiger partial charge on any atom is 0.255 e. The Labute approximate surface area is 167 Å². The van der Waals surface area contributed by atoms with E-state index in [1.807, 2.05) is 26.0 Å². The summed E-state index contributed by atoms with van der Waals surface area (Å²) in [7, 11) is 0. The monoisotopic (exact) mass is 382 g/mol. The molecule has 1 unspecified atom stereocenters. The van der Waals surface area contributed by atoms with Gasteiger partial charge in [0.25, 0.3) is 5.91 Å². The fourth-order valence-corrected chi connectivity index (χ4v) is 2.86. The largest absolute Gasteiger partial charge is 0.506 e. The second kappa shape index (κ2) is 8.91. The number of anilines is 2. The van der Waals surface area contributed by atoms with Gasteiger partial charge in [0.15, 0.2) is 0 Å². The number of amides is 2. The van der Waals surface area contributed by atoms with E-state index >= 15 is 0 Å². The number of phenolic OH excluding ortho intramolecular Hbond substituents is 1. The summed E-state index contributed by atoms with van der Waals surface area (Å²) in [5.41, 5.74) is 2.47. The van der Waals surface area contributed by atoms with Crippen LogP contribution in [0.2, 0.25) is 0 Å². The second-order valence-corrected chi connectivity index (χ2v) is 8.19. The highest BCUT2D eigenvalue weighted by atomic mass is 16.3. The third-order valence-electron chi connectivity index (χ3n) is 4.70. The van der Waals surface area contributed by atoms with Crippen LogP contribution in [-0.4, -0.2) is 16.9 Å². The molecule has 28 heavy (non-hydrogen) atoms. The molecule has 0 radical (unpaired) electrons. The van der Waals surface area contributed by atoms with Crippen molar-refractivity contribution in [1.82, 2.24) is 0 Å². The van der Waals surface area contributed by atoms with Crippen molar-refractivity contribution in [3.8, 4) is 5.75 Å². The molecule has 2 amide bonds. The quantitative estimate of drug-likeness (QED) is 0.592. The Hall–Kier alpha value is -2.82. The van der Waals surface area contributed by atoms with Gasteiger partial charge in [-0.15, -0.1) is 0 Å². The molecule has 0 saturated heterocycles. The normalized spacial score (nSPS) is 12.3. The fourth-order valence-electron chi connectivity index (χ4n) is 2.86. The average Bonchev–Trinajstić information content (AvgIpc) is 2.63. The highest BCUT2D eigenvalue weighted by Gasteiger charge is 2.16. The lowest BCUT2D eigenvalue weighted by molar-refractivity contribution is -0.119.